The van der Waals surface area contributed by atoms with Gasteiger partial charge in [-0.15, -0.1) is 0 Å². The maximum Gasteiger partial charge on any atom is 0.237 e. The highest BCUT2D eigenvalue weighted by molar-refractivity contribution is 5.81. The molecule has 2 N–H and O–H groups in total. The molecule has 3 aromatic carbocycles. The van der Waals surface area contributed by atoms with Crippen LogP contribution in [0.5, 0.6) is 0 Å². The Labute approximate surface area is 159 Å². The molecule has 0 saturated carbocycles. The highest BCUT2D eigenvalue weighted by Gasteiger charge is 2.20. The zero-order chi connectivity index (χ0) is 19.1. The molecule has 1 unspecified atom stereocenters. The normalized spacial score (nSPS) is 12.0. The summed E-state index contributed by atoms with van der Waals surface area (Å²) in [5.41, 5.74) is 3.06. The van der Waals surface area contributed by atoms with E-state index in [9.17, 15) is 9.18 Å². The Hall–Kier alpha value is -2.98. The Kier molecular flexibility index (Phi) is 6.34. The molecular formula is C23H23FN2O. The molecular weight excluding hydrogens is 339 g/mol. The molecule has 0 aliphatic rings. The number of benzene rings is 3. The number of amides is 1. The molecule has 27 heavy (non-hydrogen) atoms. The van der Waals surface area contributed by atoms with Crippen LogP contribution in [0.1, 0.15) is 29.7 Å². The molecule has 0 bridgehead atoms. The molecule has 0 aromatic heterocycles. The van der Waals surface area contributed by atoms with E-state index in [4.69, 9.17) is 0 Å². The van der Waals surface area contributed by atoms with Gasteiger partial charge in [-0.1, -0.05) is 72.8 Å². The van der Waals surface area contributed by atoms with Crippen LogP contribution in [-0.2, 0) is 11.3 Å². The zero-order valence-electron chi connectivity index (χ0n) is 15.2. The van der Waals surface area contributed by atoms with E-state index < -0.39 is 6.04 Å². The van der Waals surface area contributed by atoms with Crippen LogP contribution in [0.3, 0.4) is 0 Å². The first-order valence-corrected chi connectivity index (χ1v) is 9.01. The van der Waals surface area contributed by atoms with Crippen molar-refractivity contribution < 1.29 is 9.18 Å². The van der Waals surface area contributed by atoms with E-state index in [0.717, 1.165) is 16.7 Å². The number of carbonyl (C=O) groups is 1. The van der Waals surface area contributed by atoms with E-state index in [-0.39, 0.29) is 17.8 Å². The average Bonchev–Trinajstić information content (AvgIpc) is 2.72. The van der Waals surface area contributed by atoms with Gasteiger partial charge in [-0.2, -0.15) is 0 Å². The summed E-state index contributed by atoms with van der Waals surface area (Å²) >= 11 is 0. The first kappa shape index (κ1) is 18.8. The summed E-state index contributed by atoms with van der Waals surface area (Å²) < 4.78 is 13.0. The van der Waals surface area contributed by atoms with Gasteiger partial charge in [0.05, 0.1) is 12.1 Å². The van der Waals surface area contributed by atoms with Crippen LogP contribution < -0.4 is 10.6 Å². The minimum atomic E-state index is -0.393. The van der Waals surface area contributed by atoms with E-state index in [1.54, 1.807) is 12.1 Å². The molecule has 0 aliphatic carbocycles. The summed E-state index contributed by atoms with van der Waals surface area (Å²) in [6.45, 7) is 2.21. The number of halogens is 1. The Morgan fingerprint density at radius 1 is 0.852 bits per heavy atom. The average molecular weight is 362 g/mol. The van der Waals surface area contributed by atoms with Crippen LogP contribution in [0.2, 0.25) is 0 Å². The predicted molar refractivity (Wildman–Crippen MR) is 106 cm³/mol. The Bertz CT molecular complexity index is 811. The molecule has 0 aliphatic heterocycles. The molecule has 3 rings (SSSR count). The Morgan fingerprint density at radius 2 is 1.37 bits per heavy atom. The molecule has 1 amide bonds. The fourth-order valence-electron chi connectivity index (χ4n) is 2.95. The van der Waals surface area contributed by atoms with Gasteiger partial charge in [-0.05, 0) is 35.7 Å². The second-order valence-corrected chi connectivity index (χ2v) is 6.49. The van der Waals surface area contributed by atoms with Gasteiger partial charge in [0.15, 0.2) is 0 Å². The van der Waals surface area contributed by atoms with Crippen molar-refractivity contribution in [1.29, 1.82) is 0 Å². The van der Waals surface area contributed by atoms with E-state index in [1.165, 1.54) is 12.1 Å². The topological polar surface area (TPSA) is 41.1 Å². The summed E-state index contributed by atoms with van der Waals surface area (Å²) in [5.74, 6) is -0.384. The highest BCUT2D eigenvalue weighted by Crippen LogP contribution is 2.22. The molecule has 0 saturated heterocycles. The molecule has 0 fully saturated rings. The molecule has 0 spiro atoms. The van der Waals surface area contributed by atoms with Gasteiger partial charge in [0.25, 0.3) is 0 Å². The van der Waals surface area contributed by atoms with Crippen molar-refractivity contribution in [2.24, 2.45) is 0 Å². The fraction of sp³-hybridized carbons (Fsp3) is 0.174. The van der Waals surface area contributed by atoms with E-state index in [0.29, 0.717) is 6.54 Å². The van der Waals surface area contributed by atoms with E-state index >= 15 is 0 Å². The molecule has 0 radical (unpaired) electrons. The second kappa shape index (κ2) is 9.10. The highest BCUT2D eigenvalue weighted by atomic mass is 19.1. The third-order valence-corrected chi connectivity index (χ3v) is 4.46. The number of hydrogen-bond acceptors (Lipinski definition) is 2. The van der Waals surface area contributed by atoms with Gasteiger partial charge in [-0.25, -0.2) is 4.39 Å². The lowest BCUT2D eigenvalue weighted by molar-refractivity contribution is -0.123. The summed E-state index contributed by atoms with van der Waals surface area (Å²) in [7, 11) is 0. The SMILES string of the molecule is CC(NC(c1ccccc1)c1ccccc1)C(=O)NCc1ccc(F)cc1. The van der Waals surface area contributed by atoms with Crippen molar-refractivity contribution in [2.75, 3.05) is 0 Å². The van der Waals surface area contributed by atoms with Crippen LogP contribution in [-0.4, -0.2) is 11.9 Å². The monoisotopic (exact) mass is 362 g/mol. The van der Waals surface area contributed by atoms with Crippen molar-refractivity contribution in [1.82, 2.24) is 10.6 Å². The summed E-state index contributed by atoms with van der Waals surface area (Å²) in [6, 6.07) is 25.8. The van der Waals surface area contributed by atoms with Crippen LogP contribution in [0, 0.1) is 5.82 Å². The van der Waals surface area contributed by atoms with Gasteiger partial charge >= 0.3 is 0 Å². The smallest absolute Gasteiger partial charge is 0.237 e. The molecule has 3 aromatic rings. The fourth-order valence-corrected chi connectivity index (χ4v) is 2.95. The Morgan fingerprint density at radius 3 is 1.89 bits per heavy atom. The Balaban J connectivity index is 1.67. The number of rotatable bonds is 7. The lowest BCUT2D eigenvalue weighted by atomic mass is 9.98. The number of hydrogen-bond donors (Lipinski definition) is 2. The van der Waals surface area contributed by atoms with Crippen LogP contribution >= 0.6 is 0 Å². The van der Waals surface area contributed by atoms with Gasteiger partial charge in [-0.3, -0.25) is 10.1 Å². The second-order valence-electron chi connectivity index (χ2n) is 6.49. The first-order chi connectivity index (χ1) is 13.1. The third kappa shape index (κ3) is 5.25. The molecule has 0 heterocycles. The first-order valence-electron chi connectivity index (χ1n) is 9.01. The van der Waals surface area contributed by atoms with Crippen LogP contribution in [0.4, 0.5) is 4.39 Å². The van der Waals surface area contributed by atoms with Crippen molar-refractivity contribution >= 4 is 5.91 Å². The lowest BCUT2D eigenvalue weighted by Gasteiger charge is -2.24. The van der Waals surface area contributed by atoms with Gasteiger partial charge in [0, 0.05) is 6.54 Å². The minimum absolute atomic E-state index is 0.0843. The molecule has 1 atom stereocenters. The standard InChI is InChI=1S/C23H23FN2O/c1-17(23(27)25-16-18-12-14-21(24)15-13-18)26-22(19-8-4-2-5-9-19)20-10-6-3-7-11-20/h2-15,17,22,26H,16H2,1H3,(H,25,27). The van der Waals surface area contributed by atoms with E-state index in [2.05, 4.69) is 10.6 Å². The molecule has 3 nitrogen and oxygen atoms in total. The van der Waals surface area contributed by atoms with Gasteiger partial charge < -0.3 is 5.32 Å². The summed E-state index contributed by atoms with van der Waals surface area (Å²) in [6.07, 6.45) is 0. The summed E-state index contributed by atoms with van der Waals surface area (Å²) in [4.78, 5) is 12.5. The predicted octanol–water partition coefficient (Wildman–Crippen LogP) is 4.21. The number of nitrogens with one attached hydrogen (secondary N) is 2. The van der Waals surface area contributed by atoms with Crippen molar-refractivity contribution in [2.45, 2.75) is 25.6 Å². The summed E-state index contributed by atoms with van der Waals surface area (Å²) in [5, 5.41) is 6.33. The maximum absolute atomic E-state index is 13.0. The largest absolute Gasteiger partial charge is 0.351 e. The lowest BCUT2D eigenvalue weighted by Crippen LogP contribution is -2.43. The van der Waals surface area contributed by atoms with Crippen molar-refractivity contribution in [3.8, 4) is 0 Å². The van der Waals surface area contributed by atoms with Crippen LogP contribution in [0.15, 0.2) is 84.9 Å². The van der Waals surface area contributed by atoms with E-state index in [1.807, 2.05) is 67.6 Å². The zero-order valence-corrected chi connectivity index (χ0v) is 15.2. The quantitative estimate of drug-likeness (QED) is 0.661. The maximum atomic E-state index is 13.0. The van der Waals surface area contributed by atoms with Crippen LogP contribution in [0.25, 0.3) is 0 Å². The molecule has 4 heteroatoms. The minimum Gasteiger partial charge on any atom is -0.351 e. The van der Waals surface area contributed by atoms with Crippen molar-refractivity contribution in [3.63, 3.8) is 0 Å². The van der Waals surface area contributed by atoms with Gasteiger partial charge in [0.1, 0.15) is 5.82 Å². The van der Waals surface area contributed by atoms with Gasteiger partial charge in [0.2, 0.25) is 5.91 Å². The van der Waals surface area contributed by atoms with Crippen molar-refractivity contribution in [3.05, 3.63) is 107 Å². The molecule has 138 valence electrons. The number of carbonyl (C=O) groups excluding carboxylic acids is 1. The third-order valence-electron chi connectivity index (χ3n) is 4.46.